The van der Waals surface area contributed by atoms with E-state index < -0.39 is 24.5 Å². The van der Waals surface area contributed by atoms with Crippen LogP contribution < -0.4 is 10.6 Å². The predicted molar refractivity (Wildman–Crippen MR) is 78.9 cm³/mol. The molecule has 0 saturated heterocycles. The average molecular weight is 299 g/mol. The van der Waals surface area contributed by atoms with Crippen LogP contribution in [0.25, 0.3) is 0 Å². The minimum absolute atomic E-state index is 0.0221. The first-order valence-electron chi connectivity index (χ1n) is 6.41. The van der Waals surface area contributed by atoms with E-state index in [9.17, 15) is 9.59 Å². The summed E-state index contributed by atoms with van der Waals surface area (Å²) in [5, 5.41) is 9.48. The van der Waals surface area contributed by atoms with Gasteiger partial charge in [0, 0.05) is 10.7 Å². The summed E-state index contributed by atoms with van der Waals surface area (Å²) in [6.07, 6.45) is 0.744. The highest BCUT2D eigenvalue weighted by Gasteiger charge is 2.27. The molecule has 0 aromatic heterocycles. The first-order chi connectivity index (χ1) is 9.36. The molecule has 1 aromatic carbocycles. The number of halogens is 1. The van der Waals surface area contributed by atoms with Gasteiger partial charge in [0.25, 0.3) is 0 Å². The number of hydrogen-bond donors (Lipinski definition) is 2. The van der Waals surface area contributed by atoms with Gasteiger partial charge >= 0.3 is 5.97 Å². The van der Waals surface area contributed by atoms with Crippen LogP contribution in [-0.2, 0) is 9.59 Å². The van der Waals surface area contributed by atoms with Crippen molar-refractivity contribution in [2.75, 3.05) is 11.4 Å². The first kappa shape index (κ1) is 16.5. The van der Waals surface area contributed by atoms with Gasteiger partial charge in [-0.15, -0.1) is 0 Å². The Kier molecular flexibility index (Phi) is 5.98. The van der Waals surface area contributed by atoms with Crippen molar-refractivity contribution in [2.45, 2.75) is 26.3 Å². The van der Waals surface area contributed by atoms with E-state index in [2.05, 4.69) is 0 Å². The Morgan fingerprint density at radius 2 is 1.90 bits per heavy atom. The summed E-state index contributed by atoms with van der Waals surface area (Å²) in [7, 11) is 0. The van der Waals surface area contributed by atoms with Crippen LogP contribution in [0.3, 0.4) is 0 Å². The zero-order valence-corrected chi connectivity index (χ0v) is 12.3. The molecule has 3 N–H and O–H groups in total. The highest BCUT2D eigenvalue weighted by molar-refractivity contribution is 6.30. The maximum atomic E-state index is 12.4. The number of benzene rings is 1. The Hall–Kier alpha value is -1.59. The van der Waals surface area contributed by atoms with E-state index in [4.69, 9.17) is 22.4 Å². The molecule has 0 saturated carbocycles. The zero-order valence-electron chi connectivity index (χ0n) is 11.5. The number of rotatable bonds is 6. The molecule has 2 atom stereocenters. The molecular weight excluding hydrogens is 280 g/mol. The number of amides is 1. The van der Waals surface area contributed by atoms with Gasteiger partial charge in [-0.05, 0) is 30.2 Å². The van der Waals surface area contributed by atoms with E-state index in [0.717, 1.165) is 6.42 Å². The van der Waals surface area contributed by atoms with E-state index in [1.165, 1.54) is 4.90 Å². The Balaban J connectivity index is 3.03. The number of carboxylic acid groups (broad SMARTS) is 1. The molecule has 110 valence electrons. The van der Waals surface area contributed by atoms with Gasteiger partial charge < -0.3 is 10.8 Å². The monoisotopic (exact) mass is 298 g/mol. The molecule has 0 radical (unpaired) electrons. The third kappa shape index (κ3) is 4.21. The van der Waals surface area contributed by atoms with Crippen molar-refractivity contribution in [3.05, 3.63) is 29.3 Å². The van der Waals surface area contributed by atoms with Crippen LogP contribution in [0.1, 0.15) is 20.3 Å². The van der Waals surface area contributed by atoms with E-state index >= 15 is 0 Å². The SMILES string of the molecule is CCC(C)[C@H](N)C(=O)N(CC(=O)O)c1ccc(Cl)cc1. The van der Waals surface area contributed by atoms with Gasteiger partial charge in [-0.2, -0.15) is 0 Å². The van der Waals surface area contributed by atoms with Crippen molar-refractivity contribution >= 4 is 29.2 Å². The summed E-state index contributed by atoms with van der Waals surface area (Å²) in [6, 6.07) is 5.69. The second-order valence-corrected chi connectivity index (χ2v) is 5.14. The summed E-state index contributed by atoms with van der Waals surface area (Å²) >= 11 is 5.79. The summed E-state index contributed by atoms with van der Waals surface area (Å²) in [5.74, 6) is -1.51. The molecule has 1 rings (SSSR count). The second kappa shape index (κ2) is 7.26. The molecule has 1 amide bonds. The molecule has 0 aliphatic rings. The number of anilines is 1. The number of nitrogens with two attached hydrogens (primary N) is 1. The zero-order chi connectivity index (χ0) is 15.3. The molecule has 5 nitrogen and oxygen atoms in total. The number of carboxylic acids is 1. The normalized spacial score (nSPS) is 13.6. The van der Waals surface area contributed by atoms with Crippen LogP contribution in [0.15, 0.2) is 24.3 Å². The fraction of sp³-hybridized carbons (Fsp3) is 0.429. The first-order valence-corrected chi connectivity index (χ1v) is 6.79. The molecule has 0 heterocycles. The Morgan fingerprint density at radius 1 is 1.35 bits per heavy atom. The maximum absolute atomic E-state index is 12.4. The van der Waals surface area contributed by atoms with Crippen LogP contribution in [0.5, 0.6) is 0 Å². The van der Waals surface area contributed by atoms with Gasteiger partial charge in [-0.1, -0.05) is 31.9 Å². The number of nitrogens with zero attached hydrogens (tertiary/aromatic N) is 1. The smallest absolute Gasteiger partial charge is 0.323 e. The lowest BCUT2D eigenvalue weighted by molar-refractivity contribution is -0.137. The van der Waals surface area contributed by atoms with Crippen LogP contribution in [0, 0.1) is 5.92 Å². The van der Waals surface area contributed by atoms with Crippen LogP contribution in [-0.4, -0.2) is 29.6 Å². The highest BCUT2D eigenvalue weighted by Crippen LogP contribution is 2.20. The number of hydrogen-bond acceptors (Lipinski definition) is 3. The molecular formula is C14H19ClN2O3. The summed E-state index contributed by atoms with van der Waals surface area (Å²) in [5.41, 5.74) is 6.38. The van der Waals surface area contributed by atoms with Gasteiger partial charge in [0.1, 0.15) is 6.54 Å². The second-order valence-electron chi connectivity index (χ2n) is 4.71. The number of aliphatic carboxylic acids is 1. The number of carbonyl (C=O) groups excluding carboxylic acids is 1. The average Bonchev–Trinajstić information content (AvgIpc) is 2.43. The Morgan fingerprint density at radius 3 is 2.35 bits per heavy atom. The fourth-order valence-corrected chi connectivity index (χ4v) is 1.86. The molecule has 0 spiro atoms. The Labute approximate surface area is 123 Å². The molecule has 0 aliphatic carbocycles. The van der Waals surface area contributed by atoms with Gasteiger partial charge in [0.05, 0.1) is 6.04 Å². The minimum Gasteiger partial charge on any atom is -0.480 e. The lowest BCUT2D eigenvalue weighted by atomic mass is 9.98. The largest absolute Gasteiger partial charge is 0.480 e. The standard InChI is InChI=1S/C14H19ClN2O3/c1-3-9(2)13(16)14(20)17(8-12(18)19)11-6-4-10(15)5-7-11/h4-7,9,13H,3,8,16H2,1-2H3,(H,18,19)/t9?,13-/m0/s1. The molecule has 0 aliphatic heterocycles. The van der Waals surface area contributed by atoms with Crippen molar-refractivity contribution in [3.8, 4) is 0 Å². The van der Waals surface area contributed by atoms with Crippen molar-refractivity contribution in [1.82, 2.24) is 0 Å². The van der Waals surface area contributed by atoms with Crippen LogP contribution in [0.2, 0.25) is 5.02 Å². The van der Waals surface area contributed by atoms with E-state index in [1.54, 1.807) is 24.3 Å². The summed E-state index contributed by atoms with van der Waals surface area (Å²) < 4.78 is 0. The van der Waals surface area contributed by atoms with E-state index in [0.29, 0.717) is 10.7 Å². The molecule has 0 fully saturated rings. The number of carbonyl (C=O) groups is 2. The molecule has 1 aromatic rings. The van der Waals surface area contributed by atoms with Crippen LogP contribution in [0.4, 0.5) is 5.69 Å². The predicted octanol–water partition coefficient (Wildman–Crippen LogP) is 2.13. The lowest BCUT2D eigenvalue weighted by Crippen LogP contribution is -2.49. The molecule has 6 heteroatoms. The third-order valence-corrected chi connectivity index (χ3v) is 3.49. The van der Waals surface area contributed by atoms with Gasteiger partial charge in [-0.3, -0.25) is 14.5 Å². The van der Waals surface area contributed by atoms with Gasteiger partial charge in [0.15, 0.2) is 0 Å². The van der Waals surface area contributed by atoms with Crippen molar-refractivity contribution in [1.29, 1.82) is 0 Å². The lowest BCUT2D eigenvalue weighted by Gasteiger charge is -2.26. The van der Waals surface area contributed by atoms with Crippen molar-refractivity contribution < 1.29 is 14.7 Å². The van der Waals surface area contributed by atoms with Gasteiger partial charge in [0.2, 0.25) is 5.91 Å². The molecule has 20 heavy (non-hydrogen) atoms. The molecule has 0 bridgehead atoms. The topological polar surface area (TPSA) is 83.6 Å². The van der Waals surface area contributed by atoms with Gasteiger partial charge in [-0.25, -0.2) is 0 Å². The summed E-state index contributed by atoms with van der Waals surface area (Å²) in [6.45, 7) is 3.37. The molecule has 1 unspecified atom stereocenters. The maximum Gasteiger partial charge on any atom is 0.323 e. The third-order valence-electron chi connectivity index (χ3n) is 3.24. The highest BCUT2D eigenvalue weighted by atomic mass is 35.5. The van der Waals surface area contributed by atoms with E-state index in [1.807, 2.05) is 13.8 Å². The van der Waals surface area contributed by atoms with Crippen molar-refractivity contribution in [2.24, 2.45) is 11.7 Å². The quantitative estimate of drug-likeness (QED) is 0.842. The van der Waals surface area contributed by atoms with E-state index in [-0.39, 0.29) is 5.92 Å². The fourth-order valence-electron chi connectivity index (χ4n) is 1.73. The minimum atomic E-state index is -1.09. The van der Waals surface area contributed by atoms with Crippen molar-refractivity contribution in [3.63, 3.8) is 0 Å². The Bertz CT molecular complexity index is 476. The summed E-state index contributed by atoms with van der Waals surface area (Å²) in [4.78, 5) is 24.5. The van der Waals surface area contributed by atoms with Crippen LogP contribution >= 0.6 is 11.6 Å².